The van der Waals surface area contributed by atoms with Crippen LogP contribution in [0.5, 0.6) is 5.75 Å². The van der Waals surface area contributed by atoms with Crippen molar-refractivity contribution < 1.29 is 9.53 Å². The maximum absolute atomic E-state index is 11.7. The number of anilines is 2. The molecule has 5 fully saturated rings. The predicted molar refractivity (Wildman–Crippen MR) is 146 cm³/mol. The average Bonchev–Trinajstić information content (AvgIpc) is 2.93. The Balaban J connectivity index is 1.11. The first-order chi connectivity index (χ1) is 18.5. The van der Waals surface area contributed by atoms with E-state index in [0.717, 1.165) is 49.5 Å². The fraction of sp³-hybridized carbons (Fsp3) is 0.600. The van der Waals surface area contributed by atoms with Crippen LogP contribution in [0.4, 0.5) is 11.8 Å². The molecular weight excluding hydrogens is 476 g/mol. The number of aromatic nitrogens is 2. The Labute approximate surface area is 225 Å². The molecule has 5 saturated carbocycles. The summed E-state index contributed by atoms with van der Waals surface area (Å²) >= 11 is 0. The van der Waals surface area contributed by atoms with Gasteiger partial charge in [-0.25, -0.2) is 4.98 Å². The molecule has 0 saturated heterocycles. The van der Waals surface area contributed by atoms with Gasteiger partial charge in [0.1, 0.15) is 29.0 Å². The molecule has 5 atom stereocenters. The second-order valence-electron chi connectivity index (χ2n) is 12.1. The van der Waals surface area contributed by atoms with E-state index in [2.05, 4.69) is 27.0 Å². The number of hydrogen-bond acceptors (Lipinski definition) is 8. The molecule has 1 aromatic carbocycles. The number of methoxy groups -OCH3 is 1. The van der Waals surface area contributed by atoms with Crippen LogP contribution in [0.1, 0.15) is 68.9 Å². The van der Waals surface area contributed by atoms with Crippen molar-refractivity contribution in [1.82, 2.24) is 15.3 Å². The van der Waals surface area contributed by atoms with E-state index < -0.39 is 0 Å². The fourth-order valence-corrected chi connectivity index (χ4v) is 8.04. The van der Waals surface area contributed by atoms with Gasteiger partial charge in [0.15, 0.2) is 0 Å². The number of benzene rings is 1. The zero-order chi connectivity index (χ0) is 26.1. The third-order valence-corrected chi connectivity index (χ3v) is 9.54. The van der Waals surface area contributed by atoms with Crippen molar-refractivity contribution in [2.45, 2.75) is 76.4 Å². The maximum Gasteiger partial charge on any atom is 0.224 e. The van der Waals surface area contributed by atoms with E-state index in [1.165, 1.54) is 32.1 Å². The van der Waals surface area contributed by atoms with Gasteiger partial charge in [0, 0.05) is 43.6 Å². The molecule has 5 aliphatic rings. The van der Waals surface area contributed by atoms with E-state index in [1.54, 1.807) is 13.3 Å². The van der Waals surface area contributed by atoms with Crippen molar-refractivity contribution in [3.63, 3.8) is 0 Å². The van der Waals surface area contributed by atoms with Crippen LogP contribution in [0.15, 0.2) is 30.5 Å². The standard InChI is InChI=1S/C30H38N6O2/c1-38-26-5-3-2-4-20(26)16-32-29-33-17-23(15-31)28(36-29)34-18-30-12-19-10-21(13-30)27(22(11-19)14-30)35-24-6-8-25(37)9-7-24/h2-5,17,19,21-22,24,27,35H,6-14,16,18H2,1H3,(H2,32,33,34,36)/t19?,21-,22+,27-,30+. The number of carbonyl (C=O) groups is 1. The van der Waals surface area contributed by atoms with Gasteiger partial charge in [-0.05, 0) is 74.2 Å². The van der Waals surface area contributed by atoms with Crippen LogP contribution in [-0.4, -0.2) is 41.5 Å². The minimum atomic E-state index is 0.264. The Hall–Kier alpha value is -3.18. The lowest BCUT2D eigenvalue weighted by molar-refractivity contribution is -0.121. The van der Waals surface area contributed by atoms with Gasteiger partial charge in [0.05, 0.1) is 13.3 Å². The normalized spacial score (nSPS) is 30.2. The molecule has 1 aromatic heterocycles. The molecule has 5 aliphatic carbocycles. The summed E-state index contributed by atoms with van der Waals surface area (Å²) in [4.78, 5) is 20.8. The Bertz CT molecular complexity index is 1200. The number of nitriles is 1. The summed E-state index contributed by atoms with van der Waals surface area (Å²) in [5, 5.41) is 20.6. The molecule has 4 bridgehead atoms. The Morgan fingerprint density at radius 2 is 1.87 bits per heavy atom. The second kappa shape index (κ2) is 10.5. The Kier molecular flexibility index (Phi) is 6.96. The summed E-state index contributed by atoms with van der Waals surface area (Å²) in [5.41, 5.74) is 1.76. The van der Waals surface area contributed by atoms with Crippen LogP contribution in [0.2, 0.25) is 0 Å². The molecule has 0 aliphatic heterocycles. The predicted octanol–water partition coefficient (Wildman–Crippen LogP) is 4.68. The van der Waals surface area contributed by atoms with Crippen LogP contribution < -0.4 is 20.7 Å². The number of ether oxygens (including phenoxy) is 1. The van der Waals surface area contributed by atoms with Crippen molar-refractivity contribution in [3.8, 4) is 11.8 Å². The van der Waals surface area contributed by atoms with Crippen LogP contribution in [-0.2, 0) is 11.3 Å². The lowest BCUT2D eigenvalue weighted by Crippen LogP contribution is -2.61. The smallest absolute Gasteiger partial charge is 0.224 e. The fourth-order valence-electron chi connectivity index (χ4n) is 8.04. The molecule has 0 amide bonds. The van der Waals surface area contributed by atoms with Gasteiger partial charge >= 0.3 is 0 Å². The third kappa shape index (κ3) is 5.09. The first-order valence-corrected chi connectivity index (χ1v) is 14.2. The van der Waals surface area contributed by atoms with Gasteiger partial charge in [0.2, 0.25) is 5.95 Å². The van der Waals surface area contributed by atoms with Gasteiger partial charge in [-0.15, -0.1) is 0 Å². The molecule has 8 nitrogen and oxygen atoms in total. The first-order valence-electron chi connectivity index (χ1n) is 14.2. The molecule has 3 N–H and O–H groups in total. The van der Waals surface area contributed by atoms with Gasteiger partial charge in [0.25, 0.3) is 0 Å². The lowest BCUT2D eigenvalue weighted by Gasteiger charge is -2.61. The van der Waals surface area contributed by atoms with Crippen molar-refractivity contribution in [3.05, 3.63) is 41.6 Å². The topological polar surface area (TPSA) is 112 Å². The molecule has 2 aromatic rings. The van der Waals surface area contributed by atoms with E-state index in [0.29, 0.717) is 53.6 Å². The number of rotatable bonds is 9. The minimum Gasteiger partial charge on any atom is -0.496 e. The summed E-state index contributed by atoms with van der Waals surface area (Å²) in [7, 11) is 1.67. The molecule has 0 spiro atoms. The monoisotopic (exact) mass is 514 g/mol. The SMILES string of the molecule is COc1ccccc1CNc1ncc(C#N)c(NC[C@@]23CC4C[C@H](C2)[C@@H](NC2CCC(=O)CC2)[C@@H](C4)C3)n1. The van der Waals surface area contributed by atoms with Crippen LogP contribution in [0, 0.1) is 34.5 Å². The number of nitrogens with one attached hydrogen (secondary N) is 3. The number of hydrogen-bond donors (Lipinski definition) is 3. The zero-order valence-corrected chi connectivity index (χ0v) is 22.2. The minimum absolute atomic E-state index is 0.264. The van der Waals surface area contributed by atoms with Crippen LogP contribution in [0.3, 0.4) is 0 Å². The van der Waals surface area contributed by atoms with Gasteiger partial charge in [-0.2, -0.15) is 10.2 Å². The molecule has 8 heteroatoms. The molecular formula is C30H38N6O2. The zero-order valence-electron chi connectivity index (χ0n) is 22.2. The molecule has 200 valence electrons. The Morgan fingerprint density at radius 1 is 1.11 bits per heavy atom. The van der Waals surface area contributed by atoms with Crippen LogP contribution in [0.25, 0.3) is 0 Å². The van der Waals surface area contributed by atoms with E-state index >= 15 is 0 Å². The summed E-state index contributed by atoms with van der Waals surface area (Å²) < 4.78 is 5.45. The highest BCUT2D eigenvalue weighted by atomic mass is 16.5. The van der Waals surface area contributed by atoms with E-state index in [9.17, 15) is 10.1 Å². The average molecular weight is 515 g/mol. The summed E-state index contributed by atoms with van der Waals surface area (Å²) in [6.45, 7) is 1.38. The summed E-state index contributed by atoms with van der Waals surface area (Å²) in [6.07, 6.45) is 11.5. The second-order valence-corrected chi connectivity index (χ2v) is 12.1. The number of Topliss-reactive ketones (excluding diaryl/α,β-unsaturated/α-hetero) is 1. The maximum atomic E-state index is 11.7. The number of ketones is 1. The van der Waals surface area contributed by atoms with E-state index in [4.69, 9.17) is 9.72 Å². The largest absolute Gasteiger partial charge is 0.496 e. The quantitative estimate of drug-likeness (QED) is 0.442. The van der Waals surface area contributed by atoms with Gasteiger partial charge in [-0.1, -0.05) is 18.2 Å². The van der Waals surface area contributed by atoms with E-state index in [-0.39, 0.29) is 5.41 Å². The van der Waals surface area contributed by atoms with Gasteiger partial charge < -0.3 is 20.7 Å². The molecule has 1 unspecified atom stereocenters. The lowest BCUT2D eigenvalue weighted by atomic mass is 9.47. The summed E-state index contributed by atoms with van der Waals surface area (Å²) in [5.74, 6) is 4.58. The van der Waals surface area contributed by atoms with Gasteiger partial charge in [-0.3, -0.25) is 4.79 Å². The third-order valence-electron chi connectivity index (χ3n) is 9.54. The van der Waals surface area contributed by atoms with Crippen molar-refractivity contribution in [2.75, 3.05) is 24.3 Å². The first kappa shape index (κ1) is 25.1. The Morgan fingerprint density at radius 3 is 2.61 bits per heavy atom. The highest BCUT2D eigenvalue weighted by molar-refractivity contribution is 5.79. The number of nitrogens with zero attached hydrogens (tertiary/aromatic N) is 3. The van der Waals surface area contributed by atoms with E-state index in [1.807, 2.05) is 24.3 Å². The number of para-hydroxylation sites is 1. The van der Waals surface area contributed by atoms with Crippen molar-refractivity contribution in [1.29, 1.82) is 5.26 Å². The molecule has 0 radical (unpaired) electrons. The molecule has 7 rings (SSSR count). The van der Waals surface area contributed by atoms with Crippen molar-refractivity contribution in [2.24, 2.45) is 23.2 Å². The molecule has 38 heavy (non-hydrogen) atoms. The molecule has 1 heterocycles. The highest BCUT2D eigenvalue weighted by Gasteiger charge is 2.55. The van der Waals surface area contributed by atoms with Crippen LogP contribution >= 0.6 is 0 Å². The number of carbonyl (C=O) groups excluding carboxylic acids is 1. The highest BCUT2D eigenvalue weighted by Crippen LogP contribution is 2.60. The summed E-state index contributed by atoms with van der Waals surface area (Å²) in [6, 6.07) is 11.2. The van der Waals surface area contributed by atoms with Crippen molar-refractivity contribution >= 4 is 17.5 Å².